The van der Waals surface area contributed by atoms with E-state index in [-0.39, 0.29) is 18.4 Å². The van der Waals surface area contributed by atoms with Crippen molar-refractivity contribution >= 4 is 16.9 Å². The van der Waals surface area contributed by atoms with Gasteiger partial charge < -0.3 is 15.5 Å². The van der Waals surface area contributed by atoms with Gasteiger partial charge in [-0.2, -0.15) is 0 Å². The molecule has 0 aliphatic rings. The van der Waals surface area contributed by atoms with Crippen LogP contribution < -0.4 is 5.73 Å². The van der Waals surface area contributed by atoms with Crippen LogP contribution in [-0.2, 0) is 16.0 Å². The van der Waals surface area contributed by atoms with Crippen molar-refractivity contribution in [3.63, 3.8) is 0 Å². The van der Waals surface area contributed by atoms with E-state index in [4.69, 9.17) is 10.5 Å². The topological polar surface area (TPSA) is 68.1 Å². The number of rotatable bonds is 5. The number of fused-ring (bicyclic) bond motifs is 1. The van der Waals surface area contributed by atoms with Crippen LogP contribution in [0.2, 0.25) is 0 Å². The third-order valence-electron chi connectivity index (χ3n) is 2.89. The molecule has 0 saturated heterocycles. The molecule has 0 bridgehead atoms. The molecule has 0 radical (unpaired) electrons. The first-order valence-corrected chi connectivity index (χ1v) is 6.17. The number of carbonyl (C=O) groups is 1. The lowest BCUT2D eigenvalue weighted by molar-refractivity contribution is -0.143. The molecule has 1 atom stereocenters. The van der Waals surface area contributed by atoms with Crippen molar-refractivity contribution in [2.75, 3.05) is 6.61 Å². The molecule has 4 heteroatoms. The first kappa shape index (κ1) is 12.6. The number of carbonyl (C=O) groups excluding carboxylic acids is 1. The van der Waals surface area contributed by atoms with Crippen LogP contribution in [0, 0.1) is 0 Å². The van der Waals surface area contributed by atoms with Gasteiger partial charge in [0.25, 0.3) is 0 Å². The first-order chi connectivity index (χ1) is 8.70. The Kier molecular flexibility index (Phi) is 3.99. The molecule has 1 aromatic carbocycles. The predicted molar refractivity (Wildman–Crippen MR) is 71.2 cm³/mol. The molecule has 0 spiro atoms. The van der Waals surface area contributed by atoms with Gasteiger partial charge in [0.1, 0.15) is 0 Å². The number of esters is 1. The van der Waals surface area contributed by atoms with Crippen molar-refractivity contribution in [3.8, 4) is 0 Å². The summed E-state index contributed by atoms with van der Waals surface area (Å²) in [4.78, 5) is 14.5. The van der Waals surface area contributed by atoms with E-state index in [1.807, 2.05) is 24.4 Å². The van der Waals surface area contributed by atoms with E-state index in [1.165, 1.54) is 0 Å². The van der Waals surface area contributed by atoms with Crippen molar-refractivity contribution in [1.82, 2.24) is 4.98 Å². The lowest BCUT2D eigenvalue weighted by Crippen LogP contribution is -2.27. The van der Waals surface area contributed by atoms with E-state index in [9.17, 15) is 4.79 Å². The van der Waals surface area contributed by atoms with Crippen LogP contribution in [0.15, 0.2) is 30.5 Å². The van der Waals surface area contributed by atoms with Gasteiger partial charge >= 0.3 is 5.97 Å². The van der Waals surface area contributed by atoms with Crippen LogP contribution in [-0.4, -0.2) is 23.6 Å². The van der Waals surface area contributed by atoms with Crippen molar-refractivity contribution in [3.05, 3.63) is 36.0 Å². The highest BCUT2D eigenvalue weighted by Crippen LogP contribution is 2.19. The Morgan fingerprint density at radius 1 is 1.44 bits per heavy atom. The minimum Gasteiger partial charge on any atom is -0.466 e. The summed E-state index contributed by atoms with van der Waals surface area (Å²) >= 11 is 0. The molecule has 18 heavy (non-hydrogen) atoms. The number of aromatic nitrogens is 1. The zero-order valence-electron chi connectivity index (χ0n) is 10.5. The molecule has 0 fully saturated rings. The minimum atomic E-state index is -0.232. The normalized spacial score (nSPS) is 12.6. The molecule has 96 valence electrons. The summed E-state index contributed by atoms with van der Waals surface area (Å²) in [5.41, 5.74) is 8.21. The Morgan fingerprint density at radius 2 is 2.22 bits per heavy atom. The Balaban J connectivity index is 2.03. The molecule has 0 aliphatic heterocycles. The third kappa shape index (κ3) is 2.90. The fourth-order valence-corrected chi connectivity index (χ4v) is 2.09. The van der Waals surface area contributed by atoms with Gasteiger partial charge in [-0.15, -0.1) is 0 Å². The van der Waals surface area contributed by atoms with Gasteiger partial charge in [-0.1, -0.05) is 18.2 Å². The van der Waals surface area contributed by atoms with Crippen LogP contribution in [0.1, 0.15) is 18.9 Å². The lowest BCUT2D eigenvalue weighted by Gasteiger charge is -2.10. The molecular formula is C14H18N2O2. The van der Waals surface area contributed by atoms with Crippen LogP contribution in [0.3, 0.4) is 0 Å². The van der Waals surface area contributed by atoms with Gasteiger partial charge in [0, 0.05) is 23.1 Å². The molecule has 0 aliphatic carbocycles. The molecule has 4 nitrogen and oxygen atoms in total. The van der Waals surface area contributed by atoms with E-state index in [0.29, 0.717) is 13.0 Å². The number of ether oxygens (including phenoxy) is 1. The summed E-state index contributed by atoms with van der Waals surface area (Å²) in [7, 11) is 0. The molecule has 3 N–H and O–H groups in total. The highest BCUT2D eigenvalue weighted by Gasteiger charge is 2.13. The average molecular weight is 246 g/mol. The number of aromatic amines is 1. The van der Waals surface area contributed by atoms with Gasteiger partial charge in [-0.25, -0.2) is 0 Å². The smallest absolute Gasteiger partial charge is 0.307 e. The van der Waals surface area contributed by atoms with Crippen molar-refractivity contribution < 1.29 is 9.53 Å². The summed E-state index contributed by atoms with van der Waals surface area (Å²) in [5, 5.41) is 1.16. The summed E-state index contributed by atoms with van der Waals surface area (Å²) in [6.07, 6.45) is 2.88. The zero-order chi connectivity index (χ0) is 13.0. The van der Waals surface area contributed by atoms with Crippen molar-refractivity contribution in [1.29, 1.82) is 0 Å². The Labute approximate surface area is 106 Å². The Bertz CT molecular complexity index is 533. The number of hydrogen-bond acceptors (Lipinski definition) is 3. The molecule has 1 aromatic heterocycles. The van der Waals surface area contributed by atoms with Crippen molar-refractivity contribution in [2.24, 2.45) is 5.73 Å². The maximum atomic E-state index is 11.3. The van der Waals surface area contributed by atoms with E-state index in [0.717, 1.165) is 16.5 Å². The molecule has 0 unspecified atom stereocenters. The Hall–Kier alpha value is -1.81. The maximum absolute atomic E-state index is 11.3. The van der Waals surface area contributed by atoms with E-state index < -0.39 is 0 Å². The quantitative estimate of drug-likeness (QED) is 0.793. The highest BCUT2D eigenvalue weighted by molar-refractivity contribution is 5.83. The summed E-state index contributed by atoms with van der Waals surface area (Å²) in [6.45, 7) is 2.20. The van der Waals surface area contributed by atoms with Gasteiger partial charge in [-0.3, -0.25) is 4.79 Å². The fraction of sp³-hybridized carbons (Fsp3) is 0.357. The molecular weight excluding hydrogens is 228 g/mol. The summed E-state index contributed by atoms with van der Waals surface area (Å²) < 4.78 is 4.89. The fourth-order valence-electron chi connectivity index (χ4n) is 2.09. The summed E-state index contributed by atoms with van der Waals surface area (Å²) in [5.74, 6) is -0.232. The zero-order valence-corrected chi connectivity index (χ0v) is 10.5. The number of hydrogen-bond donors (Lipinski definition) is 2. The van der Waals surface area contributed by atoms with E-state index in [2.05, 4.69) is 11.1 Å². The number of H-pyrrole nitrogens is 1. The van der Waals surface area contributed by atoms with Crippen LogP contribution in [0.5, 0.6) is 0 Å². The van der Waals surface area contributed by atoms with E-state index >= 15 is 0 Å². The number of nitrogens with two attached hydrogens (primary N) is 1. The van der Waals surface area contributed by atoms with Gasteiger partial charge in [0.05, 0.1) is 13.0 Å². The number of para-hydroxylation sites is 1. The highest BCUT2D eigenvalue weighted by atomic mass is 16.5. The predicted octanol–water partition coefficient (Wildman–Crippen LogP) is 1.99. The second kappa shape index (κ2) is 5.69. The van der Waals surface area contributed by atoms with Crippen molar-refractivity contribution in [2.45, 2.75) is 25.8 Å². The average Bonchev–Trinajstić information content (AvgIpc) is 2.73. The molecule has 0 saturated carbocycles. The SMILES string of the molecule is CCOC(=O)C[C@@H](N)Cc1c[nH]c2ccccc12. The molecule has 0 amide bonds. The second-order valence-corrected chi connectivity index (χ2v) is 4.33. The molecule has 2 aromatic rings. The molecule has 2 rings (SSSR count). The molecule has 1 heterocycles. The minimum absolute atomic E-state index is 0.205. The largest absolute Gasteiger partial charge is 0.466 e. The standard InChI is InChI=1S/C14H18N2O2/c1-2-18-14(17)8-11(15)7-10-9-16-13-6-4-3-5-12(10)13/h3-6,9,11,16H,2,7-8,15H2,1H3/t11-/m0/s1. The van der Waals surface area contributed by atoms with E-state index in [1.54, 1.807) is 6.92 Å². The lowest BCUT2D eigenvalue weighted by atomic mass is 10.0. The summed E-state index contributed by atoms with van der Waals surface area (Å²) in [6, 6.07) is 7.86. The second-order valence-electron chi connectivity index (χ2n) is 4.33. The monoisotopic (exact) mass is 246 g/mol. The van der Waals surface area contributed by atoms with Crippen LogP contribution >= 0.6 is 0 Å². The third-order valence-corrected chi connectivity index (χ3v) is 2.89. The van der Waals surface area contributed by atoms with Gasteiger partial charge in [-0.05, 0) is 25.0 Å². The number of benzene rings is 1. The number of nitrogens with one attached hydrogen (secondary N) is 1. The maximum Gasteiger partial charge on any atom is 0.307 e. The van der Waals surface area contributed by atoms with Crippen LogP contribution in [0.4, 0.5) is 0 Å². The first-order valence-electron chi connectivity index (χ1n) is 6.17. The van der Waals surface area contributed by atoms with Crippen LogP contribution in [0.25, 0.3) is 10.9 Å². The Morgan fingerprint density at radius 3 is 3.00 bits per heavy atom. The van der Waals surface area contributed by atoms with Gasteiger partial charge in [0.2, 0.25) is 0 Å². The van der Waals surface area contributed by atoms with Gasteiger partial charge in [0.15, 0.2) is 0 Å².